The van der Waals surface area contributed by atoms with Crippen LogP contribution in [0.5, 0.6) is 0 Å². The van der Waals surface area contributed by atoms with Crippen molar-refractivity contribution in [1.29, 1.82) is 0 Å². The molecule has 82 valence electrons. The van der Waals surface area contributed by atoms with E-state index < -0.39 is 6.10 Å². The van der Waals surface area contributed by atoms with Gasteiger partial charge in [0.2, 0.25) is 0 Å². The molecule has 1 aromatic carbocycles. The monoisotopic (exact) mass is 211 g/mol. The summed E-state index contributed by atoms with van der Waals surface area (Å²) in [6.07, 6.45) is -0.564. The number of benzene rings is 1. The zero-order chi connectivity index (χ0) is 10.8. The molecule has 1 heterocycles. The minimum atomic E-state index is -0.564. The molecule has 1 aliphatic rings. The predicted molar refractivity (Wildman–Crippen MR) is 55.4 cm³/mol. The summed E-state index contributed by atoms with van der Waals surface area (Å²) in [5, 5.41) is 12.4. The smallest absolute Gasteiger partial charge is 0.146 e. The first-order chi connectivity index (χ1) is 7.16. The van der Waals surface area contributed by atoms with Crippen LogP contribution in [0.2, 0.25) is 0 Å². The summed E-state index contributed by atoms with van der Waals surface area (Å²) in [6, 6.07) is 4.75. The van der Waals surface area contributed by atoms with Gasteiger partial charge in [-0.3, -0.25) is 0 Å². The summed E-state index contributed by atoms with van der Waals surface area (Å²) in [7, 11) is 0. The van der Waals surface area contributed by atoms with E-state index in [0.29, 0.717) is 18.9 Å². The van der Waals surface area contributed by atoms with E-state index in [0.717, 1.165) is 5.56 Å². The first-order valence-electron chi connectivity index (χ1n) is 4.95. The van der Waals surface area contributed by atoms with Crippen molar-refractivity contribution in [2.45, 2.75) is 19.1 Å². The summed E-state index contributed by atoms with van der Waals surface area (Å²) in [4.78, 5) is 0. The average molecular weight is 211 g/mol. The lowest BCUT2D eigenvalue weighted by atomic mass is 10.1. The van der Waals surface area contributed by atoms with Gasteiger partial charge in [-0.25, -0.2) is 4.39 Å². The molecule has 4 heteroatoms. The molecule has 1 aromatic rings. The summed E-state index contributed by atoms with van der Waals surface area (Å²) >= 11 is 0. The van der Waals surface area contributed by atoms with Gasteiger partial charge in [0, 0.05) is 0 Å². The largest absolute Gasteiger partial charge is 0.388 e. The molecule has 15 heavy (non-hydrogen) atoms. The van der Waals surface area contributed by atoms with E-state index in [9.17, 15) is 9.50 Å². The maximum atomic E-state index is 13.4. The molecule has 0 radical (unpaired) electrons. The highest BCUT2D eigenvalue weighted by Gasteiger charge is 2.26. The number of rotatable bonds is 2. The molecule has 1 saturated heterocycles. The van der Waals surface area contributed by atoms with Crippen LogP contribution in [0, 0.1) is 12.7 Å². The van der Waals surface area contributed by atoms with Crippen LogP contribution in [0.4, 0.5) is 10.1 Å². The highest BCUT2D eigenvalue weighted by molar-refractivity contribution is 5.47. The quantitative estimate of drug-likeness (QED) is 0.775. The van der Waals surface area contributed by atoms with E-state index in [1.54, 1.807) is 6.07 Å². The number of hydrogen-bond acceptors (Lipinski definition) is 3. The minimum Gasteiger partial charge on any atom is -0.388 e. The van der Waals surface area contributed by atoms with Gasteiger partial charge in [-0.1, -0.05) is 6.07 Å². The molecule has 0 spiro atoms. The van der Waals surface area contributed by atoms with Crippen molar-refractivity contribution in [3.8, 4) is 0 Å². The summed E-state index contributed by atoms with van der Waals surface area (Å²) in [5.41, 5.74) is 1.29. The fourth-order valence-corrected chi connectivity index (χ4v) is 1.62. The van der Waals surface area contributed by atoms with Gasteiger partial charge in [0.25, 0.3) is 0 Å². The third kappa shape index (κ3) is 2.27. The Labute approximate surface area is 87.9 Å². The zero-order valence-corrected chi connectivity index (χ0v) is 8.53. The fourth-order valence-electron chi connectivity index (χ4n) is 1.62. The molecule has 1 aliphatic heterocycles. The van der Waals surface area contributed by atoms with Gasteiger partial charge in [-0.15, -0.1) is 0 Å². The van der Waals surface area contributed by atoms with Gasteiger partial charge < -0.3 is 15.2 Å². The molecule has 0 bridgehead atoms. The van der Waals surface area contributed by atoms with Crippen LogP contribution in [0.3, 0.4) is 0 Å². The van der Waals surface area contributed by atoms with Crippen LogP contribution in [-0.4, -0.2) is 30.5 Å². The molecule has 0 aliphatic carbocycles. The maximum absolute atomic E-state index is 13.4. The number of aryl methyl sites for hydroxylation is 1. The normalized spacial score (nSPS) is 25.5. The molecule has 0 saturated carbocycles. The second-order valence-electron chi connectivity index (χ2n) is 3.84. The Balaban J connectivity index is 2.10. The number of halogens is 1. The van der Waals surface area contributed by atoms with Crippen molar-refractivity contribution in [2.24, 2.45) is 0 Å². The molecular weight excluding hydrogens is 197 g/mol. The first-order valence-corrected chi connectivity index (χ1v) is 4.95. The third-order valence-corrected chi connectivity index (χ3v) is 2.52. The molecule has 1 fully saturated rings. The molecule has 0 amide bonds. The summed E-state index contributed by atoms with van der Waals surface area (Å²) < 4.78 is 18.5. The molecule has 2 unspecified atom stereocenters. The number of nitrogens with one attached hydrogen (secondary N) is 1. The van der Waals surface area contributed by atoms with Crippen molar-refractivity contribution in [3.63, 3.8) is 0 Å². The topological polar surface area (TPSA) is 41.5 Å². The lowest BCUT2D eigenvalue weighted by Gasteiger charge is -2.16. The van der Waals surface area contributed by atoms with Crippen molar-refractivity contribution in [3.05, 3.63) is 29.6 Å². The molecule has 0 aromatic heterocycles. The van der Waals surface area contributed by atoms with Crippen LogP contribution in [-0.2, 0) is 4.74 Å². The number of anilines is 1. The van der Waals surface area contributed by atoms with E-state index >= 15 is 0 Å². The lowest BCUT2D eigenvalue weighted by Crippen LogP contribution is -2.32. The van der Waals surface area contributed by atoms with E-state index in [2.05, 4.69) is 5.32 Å². The molecule has 2 rings (SSSR count). The lowest BCUT2D eigenvalue weighted by molar-refractivity contribution is 0.125. The molecule has 3 nitrogen and oxygen atoms in total. The second-order valence-corrected chi connectivity index (χ2v) is 3.84. The summed E-state index contributed by atoms with van der Waals surface area (Å²) in [6.45, 7) is 2.56. The van der Waals surface area contributed by atoms with Crippen LogP contribution < -0.4 is 5.32 Å². The Morgan fingerprint density at radius 3 is 2.87 bits per heavy atom. The van der Waals surface area contributed by atoms with E-state index in [1.807, 2.05) is 13.0 Å². The molecule has 2 N–H and O–H groups in total. The number of ether oxygens (including phenoxy) is 1. The van der Waals surface area contributed by atoms with Gasteiger partial charge >= 0.3 is 0 Å². The van der Waals surface area contributed by atoms with Crippen molar-refractivity contribution < 1.29 is 14.2 Å². The van der Waals surface area contributed by atoms with Gasteiger partial charge in [0.05, 0.1) is 31.0 Å². The zero-order valence-electron chi connectivity index (χ0n) is 8.53. The number of aliphatic hydroxyl groups excluding tert-OH is 1. The van der Waals surface area contributed by atoms with Crippen LogP contribution >= 0.6 is 0 Å². The first kappa shape index (κ1) is 10.4. The second kappa shape index (κ2) is 4.16. The average Bonchev–Trinajstić information content (AvgIpc) is 2.57. The van der Waals surface area contributed by atoms with Gasteiger partial charge in [-0.2, -0.15) is 0 Å². The Kier molecular flexibility index (Phi) is 2.88. The number of aliphatic hydroxyl groups is 1. The van der Waals surface area contributed by atoms with Crippen molar-refractivity contribution >= 4 is 5.69 Å². The van der Waals surface area contributed by atoms with E-state index in [1.165, 1.54) is 6.07 Å². The Morgan fingerprint density at radius 1 is 1.47 bits per heavy atom. The van der Waals surface area contributed by atoms with E-state index in [-0.39, 0.29) is 11.9 Å². The minimum absolute atomic E-state index is 0.220. The van der Waals surface area contributed by atoms with E-state index in [4.69, 9.17) is 4.74 Å². The highest BCUT2D eigenvalue weighted by atomic mass is 19.1. The van der Waals surface area contributed by atoms with Crippen LogP contribution in [0.1, 0.15) is 5.56 Å². The maximum Gasteiger partial charge on any atom is 0.146 e. The summed E-state index contributed by atoms with van der Waals surface area (Å²) in [5.74, 6) is -0.297. The predicted octanol–water partition coefficient (Wildman–Crippen LogP) is 1.31. The highest BCUT2D eigenvalue weighted by Crippen LogP contribution is 2.18. The Bertz CT molecular complexity index is 356. The van der Waals surface area contributed by atoms with Gasteiger partial charge in [0.1, 0.15) is 5.82 Å². The van der Waals surface area contributed by atoms with Gasteiger partial charge in [0.15, 0.2) is 0 Å². The third-order valence-electron chi connectivity index (χ3n) is 2.52. The molecular formula is C11H14FNO2. The Morgan fingerprint density at radius 2 is 2.27 bits per heavy atom. The Hall–Kier alpha value is -1.13. The van der Waals surface area contributed by atoms with Crippen LogP contribution in [0.15, 0.2) is 18.2 Å². The fraction of sp³-hybridized carbons (Fsp3) is 0.455. The van der Waals surface area contributed by atoms with Crippen LogP contribution in [0.25, 0.3) is 0 Å². The van der Waals surface area contributed by atoms with Crippen molar-refractivity contribution in [2.75, 3.05) is 18.5 Å². The SMILES string of the molecule is Cc1ccc(NC2COCC2O)c(F)c1. The van der Waals surface area contributed by atoms with Crippen molar-refractivity contribution in [1.82, 2.24) is 0 Å². The molecule has 2 atom stereocenters. The van der Waals surface area contributed by atoms with Gasteiger partial charge in [-0.05, 0) is 24.6 Å². The number of hydrogen-bond donors (Lipinski definition) is 2. The standard InChI is InChI=1S/C11H14FNO2/c1-7-2-3-9(8(12)4-7)13-10-5-15-6-11(10)14/h2-4,10-11,13-14H,5-6H2,1H3.